The van der Waals surface area contributed by atoms with Crippen LogP contribution in [0.1, 0.15) is 26.3 Å². The van der Waals surface area contributed by atoms with E-state index >= 15 is 0 Å². The first-order valence-corrected chi connectivity index (χ1v) is 8.25. The maximum absolute atomic E-state index is 13.2. The van der Waals surface area contributed by atoms with Crippen LogP contribution in [-0.2, 0) is 5.60 Å². The molecule has 0 saturated heterocycles. The second-order valence-electron chi connectivity index (χ2n) is 6.36. The van der Waals surface area contributed by atoms with Gasteiger partial charge in [-0.05, 0) is 18.2 Å². The van der Waals surface area contributed by atoms with Crippen LogP contribution < -0.4 is 18.9 Å². The summed E-state index contributed by atoms with van der Waals surface area (Å²) in [6.07, 6.45) is -1.22. The Morgan fingerprint density at radius 1 is 1.21 bits per heavy atom. The van der Waals surface area contributed by atoms with Crippen LogP contribution in [0.5, 0.6) is 28.7 Å². The Bertz CT molecular complexity index is 1010. The molecule has 0 fully saturated rings. The van der Waals surface area contributed by atoms with Gasteiger partial charge in [0, 0.05) is 11.6 Å². The standard InChI is InChI=1S/C19H16O9/c1-25-12-5-9-11(6-13(12)26-2)27-7-14-19(9,24)17(21)8-3-4-10(20)15(18(22)23)16(8)28-14/h3-6,14,20,24H,7H2,1-2H3,(H,22,23)/t14-,19-/m1/s1. The van der Waals surface area contributed by atoms with Crippen LogP contribution in [0.2, 0.25) is 0 Å². The Labute approximate surface area is 158 Å². The van der Waals surface area contributed by atoms with E-state index in [0.29, 0.717) is 5.75 Å². The fraction of sp³-hybridized carbons (Fsp3) is 0.263. The van der Waals surface area contributed by atoms with Crippen molar-refractivity contribution in [3.8, 4) is 28.7 Å². The molecule has 9 heteroatoms. The Morgan fingerprint density at radius 3 is 2.54 bits per heavy atom. The van der Waals surface area contributed by atoms with Crippen molar-refractivity contribution in [1.29, 1.82) is 0 Å². The van der Waals surface area contributed by atoms with E-state index in [1.54, 1.807) is 0 Å². The van der Waals surface area contributed by atoms with E-state index in [9.17, 15) is 24.9 Å². The Morgan fingerprint density at radius 2 is 1.89 bits per heavy atom. The molecule has 2 aliphatic rings. The quantitative estimate of drug-likeness (QED) is 0.712. The molecule has 2 aromatic carbocycles. The molecule has 0 amide bonds. The Kier molecular flexibility index (Phi) is 3.86. The number of ether oxygens (including phenoxy) is 4. The van der Waals surface area contributed by atoms with Gasteiger partial charge in [0.25, 0.3) is 0 Å². The molecule has 0 bridgehead atoms. The number of carbonyl (C=O) groups excluding carboxylic acids is 1. The number of carbonyl (C=O) groups is 2. The number of hydrogen-bond donors (Lipinski definition) is 3. The number of aromatic hydroxyl groups is 1. The number of carboxylic acids is 1. The monoisotopic (exact) mass is 388 g/mol. The molecule has 9 nitrogen and oxygen atoms in total. The van der Waals surface area contributed by atoms with E-state index in [1.165, 1.54) is 32.4 Å². The van der Waals surface area contributed by atoms with Gasteiger partial charge in [0.15, 0.2) is 23.2 Å². The summed E-state index contributed by atoms with van der Waals surface area (Å²) in [4.78, 5) is 24.8. The number of carboxylic acid groups (broad SMARTS) is 1. The smallest absolute Gasteiger partial charge is 0.343 e. The molecule has 2 atom stereocenters. The van der Waals surface area contributed by atoms with Crippen LogP contribution in [0, 0.1) is 0 Å². The molecule has 28 heavy (non-hydrogen) atoms. The van der Waals surface area contributed by atoms with Crippen LogP contribution in [0.25, 0.3) is 0 Å². The minimum absolute atomic E-state index is 0.113. The maximum atomic E-state index is 13.2. The number of methoxy groups -OCH3 is 2. The van der Waals surface area contributed by atoms with E-state index < -0.39 is 34.8 Å². The predicted octanol–water partition coefficient (Wildman–Crippen LogP) is 1.33. The third kappa shape index (κ3) is 2.23. The summed E-state index contributed by atoms with van der Waals surface area (Å²) in [5, 5.41) is 30.6. The fourth-order valence-electron chi connectivity index (χ4n) is 3.55. The summed E-state index contributed by atoms with van der Waals surface area (Å²) >= 11 is 0. The molecular weight excluding hydrogens is 372 g/mol. The zero-order valence-corrected chi connectivity index (χ0v) is 14.9. The van der Waals surface area contributed by atoms with E-state index in [2.05, 4.69) is 0 Å². The molecule has 3 N–H and O–H groups in total. The molecule has 0 saturated carbocycles. The number of aromatic carboxylic acids is 1. The third-order valence-corrected chi connectivity index (χ3v) is 4.95. The fourth-order valence-corrected chi connectivity index (χ4v) is 3.55. The average molecular weight is 388 g/mol. The average Bonchev–Trinajstić information content (AvgIpc) is 2.67. The lowest BCUT2D eigenvalue weighted by Gasteiger charge is -2.43. The molecule has 146 valence electrons. The first-order chi connectivity index (χ1) is 13.3. The molecule has 2 heterocycles. The number of ketones is 1. The van der Waals surface area contributed by atoms with Gasteiger partial charge in [0.2, 0.25) is 5.78 Å². The van der Waals surface area contributed by atoms with E-state index in [1.807, 2.05) is 0 Å². The number of fused-ring (bicyclic) bond motifs is 4. The zero-order chi connectivity index (χ0) is 20.2. The highest BCUT2D eigenvalue weighted by Gasteiger charge is 2.56. The first kappa shape index (κ1) is 17.9. The number of phenols is 1. The van der Waals surface area contributed by atoms with Gasteiger partial charge < -0.3 is 34.3 Å². The van der Waals surface area contributed by atoms with Crippen LogP contribution in [0.3, 0.4) is 0 Å². The number of rotatable bonds is 3. The summed E-state index contributed by atoms with van der Waals surface area (Å²) in [5.74, 6) is -2.24. The molecule has 2 aliphatic heterocycles. The molecular formula is C19H16O9. The Balaban J connectivity index is 1.93. The topological polar surface area (TPSA) is 132 Å². The van der Waals surface area contributed by atoms with Crippen LogP contribution in [0.15, 0.2) is 24.3 Å². The van der Waals surface area contributed by atoms with Gasteiger partial charge in [0.05, 0.1) is 19.8 Å². The molecule has 0 aliphatic carbocycles. The largest absolute Gasteiger partial charge is 0.507 e. The molecule has 0 radical (unpaired) electrons. The molecule has 2 aromatic rings. The minimum Gasteiger partial charge on any atom is -0.507 e. The highest BCUT2D eigenvalue weighted by molar-refractivity contribution is 6.10. The summed E-state index contributed by atoms with van der Waals surface area (Å²) in [6, 6.07) is 5.20. The predicted molar refractivity (Wildman–Crippen MR) is 92.8 cm³/mol. The number of Topliss-reactive ketones (excluding diaryl/α,β-unsaturated/α-hetero) is 1. The van der Waals surface area contributed by atoms with Gasteiger partial charge in [-0.25, -0.2) is 4.79 Å². The molecule has 0 aromatic heterocycles. The lowest BCUT2D eigenvalue weighted by atomic mass is 9.77. The van der Waals surface area contributed by atoms with Crippen molar-refractivity contribution >= 4 is 11.8 Å². The van der Waals surface area contributed by atoms with Crippen molar-refractivity contribution < 1.29 is 43.9 Å². The summed E-state index contributed by atoms with van der Waals surface area (Å²) in [5.41, 5.74) is -2.73. The Hall–Kier alpha value is -3.46. The van der Waals surface area contributed by atoms with Crippen molar-refractivity contribution in [3.63, 3.8) is 0 Å². The van der Waals surface area contributed by atoms with Crippen molar-refractivity contribution in [1.82, 2.24) is 0 Å². The maximum Gasteiger partial charge on any atom is 0.343 e. The van der Waals surface area contributed by atoms with E-state index in [4.69, 9.17) is 18.9 Å². The molecule has 0 unspecified atom stereocenters. The van der Waals surface area contributed by atoms with Crippen molar-refractivity contribution in [2.24, 2.45) is 0 Å². The zero-order valence-electron chi connectivity index (χ0n) is 14.9. The highest BCUT2D eigenvalue weighted by atomic mass is 16.6. The van der Waals surface area contributed by atoms with Gasteiger partial charge in [-0.15, -0.1) is 0 Å². The van der Waals surface area contributed by atoms with Gasteiger partial charge in [0.1, 0.15) is 29.4 Å². The SMILES string of the molecule is COc1cc2c(cc1OC)[C@]1(O)C(=O)c3ccc(O)c(C(=O)O)c3O[C@@H]1CO2. The van der Waals surface area contributed by atoms with Crippen LogP contribution in [-0.4, -0.2) is 54.0 Å². The molecule has 4 rings (SSSR count). The summed E-state index contributed by atoms with van der Waals surface area (Å²) in [7, 11) is 2.85. The first-order valence-electron chi connectivity index (χ1n) is 8.25. The summed E-state index contributed by atoms with van der Waals surface area (Å²) < 4.78 is 21.7. The van der Waals surface area contributed by atoms with Crippen molar-refractivity contribution in [3.05, 3.63) is 41.0 Å². The van der Waals surface area contributed by atoms with Crippen molar-refractivity contribution in [2.75, 3.05) is 20.8 Å². The molecule has 0 spiro atoms. The summed E-state index contributed by atoms with van der Waals surface area (Å²) in [6.45, 7) is -0.223. The normalized spacial score (nSPS) is 22.1. The number of hydrogen-bond acceptors (Lipinski definition) is 8. The second-order valence-corrected chi connectivity index (χ2v) is 6.36. The number of aliphatic hydroxyl groups is 1. The lowest BCUT2D eigenvalue weighted by Crippen LogP contribution is -2.57. The number of benzene rings is 2. The highest BCUT2D eigenvalue weighted by Crippen LogP contribution is 2.50. The van der Waals surface area contributed by atoms with Gasteiger partial charge in [-0.2, -0.15) is 0 Å². The second kappa shape index (κ2) is 6.03. The van der Waals surface area contributed by atoms with Gasteiger partial charge in [-0.3, -0.25) is 4.79 Å². The van der Waals surface area contributed by atoms with Gasteiger partial charge in [-0.1, -0.05) is 0 Å². The van der Waals surface area contributed by atoms with Crippen molar-refractivity contribution in [2.45, 2.75) is 11.7 Å². The van der Waals surface area contributed by atoms with E-state index in [0.717, 1.165) is 6.07 Å². The van der Waals surface area contributed by atoms with Crippen LogP contribution in [0.4, 0.5) is 0 Å². The van der Waals surface area contributed by atoms with E-state index in [-0.39, 0.29) is 35.0 Å². The lowest BCUT2D eigenvalue weighted by molar-refractivity contribution is -0.0803. The minimum atomic E-state index is -2.13. The third-order valence-electron chi connectivity index (χ3n) is 4.95. The van der Waals surface area contributed by atoms with Gasteiger partial charge >= 0.3 is 5.97 Å². The van der Waals surface area contributed by atoms with Crippen LogP contribution >= 0.6 is 0 Å².